The zero-order valence-corrected chi connectivity index (χ0v) is 18.3. The maximum Gasteiger partial charge on any atom is 0.288 e. The summed E-state index contributed by atoms with van der Waals surface area (Å²) in [6.45, 7) is 0. The van der Waals surface area contributed by atoms with Crippen molar-refractivity contribution in [3.05, 3.63) is 132 Å². The molecule has 0 aliphatic rings. The number of para-hydroxylation sites is 1. The van der Waals surface area contributed by atoms with E-state index in [-0.39, 0.29) is 5.91 Å². The molecule has 4 nitrogen and oxygen atoms in total. The van der Waals surface area contributed by atoms with Crippen molar-refractivity contribution >= 4 is 22.5 Å². The highest BCUT2D eigenvalue weighted by Crippen LogP contribution is 2.21. The first-order valence-electron chi connectivity index (χ1n) is 10.8. The minimum absolute atomic E-state index is 0.247. The van der Waals surface area contributed by atoms with Crippen molar-refractivity contribution in [1.82, 2.24) is 9.99 Å². The van der Waals surface area contributed by atoms with E-state index in [1.807, 2.05) is 103 Å². The third-order valence-corrected chi connectivity index (χ3v) is 5.77. The molecule has 4 heteroatoms. The van der Waals surface area contributed by atoms with E-state index < -0.39 is 0 Å². The van der Waals surface area contributed by atoms with Crippen LogP contribution in [0.15, 0.2) is 120 Å². The molecule has 5 rings (SSSR count). The van der Waals surface area contributed by atoms with Crippen LogP contribution >= 0.6 is 0 Å². The number of aryl methyl sites for hydroxylation is 1. The highest BCUT2D eigenvalue weighted by atomic mass is 16.2. The van der Waals surface area contributed by atoms with Gasteiger partial charge in [0.2, 0.25) is 0 Å². The SMILES string of the molecule is Cn1c(C(=O)NN=C(c2ccccc2)c2ccc(-c3ccccc3)cc2)cc2ccccc21. The molecule has 0 radical (unpaired) electrons. The number of carbonyl (C=O) groups excluding carboxylic acids is 1. The molecule has 33 heavy (non-hydrogen) atoms. The second kappa shape index (κ2) is 8.97. The number of hydrogen-bond donors (Lipinski definition) is 1. The molecule has 0 fully saturated rings. The van der Waals surface area contributed by atoms with Gasteiger partial charge in [-0.2, -0.15) is 5.10 Å². The van der Waals surface area contributed by atoms with E-state index in [2.05, 4.69) is 34.8 Å². The molecule has 160 valence electrons. The highest BCUT2D eigenvalue weighted by Gasteiger charge is 2.14. The van der Waals surface area contributed by atoms with Gasteiger partial charge in [-0.05, 0) is 23.3 Å². The smallest absolute Gasteiger partial charge is 0.288 e. The standard InChI is InChI=1S/C29H23N3O/c1-32-26-15-9-8-14-25(26)20-27(32)29(33)31-30-28(23-12-6-3-7-13-23)24-18-16-22(17-19-24)21-10-4-2-5-11-21/h2-20H,1H3,(H,31,33). The normalized spacial score (nSPS) is 11.5. The molecule has 4 aromatic carbocycles. The average molecular weight is 430 g/mol. The molecule has 1 N–H and O–H groups in total. The van der Waals surface area contributed by atoms with Crippen molar-refractivity contribution in [2.45, 2.75) is 0 Å². The molecule has 1 heterocycles. The molecule has 5 aromatic rings. The van der Waals surface area contributed by atoms with Crippen LogP contribution in [0.2, 0.25) is 0 Å². The minimum Gasteiger partial charge on any atom is -0.340 e. The van der Waals surface area contributed by atoms with Crippen molar-refractivity contribution in [3.63, 3.8) is 0 Å². The summed E-state index contributed by atoms with van der Waals surface area (Å²) in [5, 5.41) is 5.58. The number of hydrazone groups is 1. The first-order chi connectivity index (χ1) is 16.2. The fraction of sp³-hybridized carbons (Fsp3) is 0.0345. The molecular weight excluding hydrogens is 406 g/mol. The number of nitrogens with one attached hydrogen (secondary N) is 1. The Morgan fingerprint density at radius 3 is 1.97 bits per heavy atom. The molecule has 0 unspecified atom stereocenters. The molecule has 0 bridgehead atoms. The number of fused-ring (bicyclic) bond motifs is 1. The molecule has 0 saturated heterocycles. The number of rotatable bonds is 5. The van der Waals surface area contributed by atoms with Gasteiger partial charge in [-0.15, -0.1) is 0 Å². The second-order valence-electron chi connectivity index (χ2n) is 7.86. The van der Waals surface area contributed by atoms with Crippen LogP contribution in [0, 0.1) is 0 Å². The van der Waals surface area contributed by atoms with E-state index in [9.17, 15) is 4.79 Å². The van der Waals surface area contributed by atoms with Crippen LogP contribution in [0.5, 0.6) is 0 Å². The summed E-state index contributed by atoms with van der Waals surface area (Å²) in [6, 6.07) is 38.2. The Morgan fingerprint density at radius 2 is 1.27 bits per heavy atom. The highest BCUT2D eigenvalue weighted by molar-refractivity contribution is 6.13. The second-order valence-corrected chi connectivity index (χ2v) is 7.86. The summed E-state index contributed by atoms with van der Waals surface area (Å²) in [7, 11) is 1.89. The summed E-state index contributed by atoms with van der Waals surface area (Å²) >= 11 is 0. The average Bonchev–Trinajstić information content (AvgIpc) is 3.22. The number of aromatic nitrogens is 1. The van der Waals surface area contributed by atoms with Gasteiger partial charge in [-0.25, -0.2) is 5.43 Å². The lowest BCUT2D eigenvalue weighted by Gasteiger charge is -2.10. The third-order valence-electron chi connectivity index (χ3n) is 5.77. The summed E-state index contributed by atoms with van der Waals surface area (Å²) < 4.78 is 1.89. The summed E-state index contributed by atoms with van der Waals surface area (Å²) in [4.78, 5) is 13.0. The van der Waals surface area contributed by atoms with Crippen molar-refractivity contribution in [3.8, 4) is 11.1 Å². The molecular formula is C29H23N3O. The van der Waals surface area contributed by atoms with Crippen molar-refractivity contribution in [1.29, 1.82) is 0 Å². The zero-order valence-electron chi connectivity index (χ0n) is 18.3. The predicted octanol–water partition coefficient (Wildman–Crippen LogP) is 6.03. The van der Waals surface area contributed by atoms with Crippen LogP contribution in [0.3, 0.4) is 0 Å². The van der Waals surface area contributed by atoms with E-state index in [1.165, 1.54) is 0 Å². The maximum absolute atomic E-state index is 13.0. The first kappa shape index (κ1) is 20.5. The lowest BCUT2D eigenvalue weighted by molar-refractivity contribution is 0.0947. The van der Waals surface area contributed by atoms with Gasteiger partial charge < -0.3 is 4.57 Å². The van der Waals surface area contributed by atoms with Gasteiger partial charge in [0.05, 0.1) is 5.71 Å². The van der Waals surface area contributed by atoms with Crippen molar-refractivity contribution in [2.24, 2.45) is 12.1 Å². The summed E-state index contributed by atoms with van der Waals surface area (Å²) in [5.74, 6) is -0.247. The van der Waals surface area contributed by atoms with Gasteiger partial charge in [-0.3, -0.25) is 4.79 Å². The number of nitrogens with zero attached hydrogens (tertiary/aromatic N) is 2. The zero-order chi connectivity index (χ0) is 22.6. The number of hydrogen-bond acceptors (Lipinski definition) is 2. The van der Waals surface area contributed by atoms with Crippen LogP contribution in [-0.4, -0.2) is 16.2 Å². The fourth-order valence-corrected chi connectivity index (χ4v) is 4.01. The Bertz CT molecular complexity index is 1430. The van der Waals surface area contributed by atoms with Gasteiger partial charge >= 0.3 is 0 Å². The summed E-state index contributed by atoms with van der Waals surface area (Å²) in [6.07, 6.45) is 0. The van der Waals surface area contributed by atoms with Gasteiger partial charge in [-0.1, -0.05) is 103 Å². The summed E-state index contributed by atoms with van der Waals surface area (Å²) in [5.41, 5.74) is 9.20. The van der Waals surface area contributed by atoms with Crippen LogP contribution in [0.1, 0.15) is 21.6 Å². The van der Waals surface area contributed by atoms with Crippen LogP contribution in [0.4, 0.5) is 0 Å². The molecule has 0 saturated carbocycles. The van der Waals surface area contributed by atoms with E-state index in [0.717, 1.165) is 33.2 Å². The molecule has 0 aliphatic carbocycles. The monoisotopic (exact) mass is 429 g/mol. The Kier molecular flexibility index (Phi) is 5.56. The van der Waals surface area contributed by atoms with Gasteiger partial charge in [0, 0.05) is 29.1 Å². The van der Waals surface area contributed by atoms with Crippen LogP contribution < -0.4 is 5.43 Å². The third kappa shape index (κ3) is 4.19. The topological polar surface area (TPSA) is 46.4 Å². The number of carbonyl (C=O) groups is 1. The minimum atomic E-state index is -0.247. The lowest BCUT2D eigenvalue weighted by Crippen LogP contribution is -2.22. The van der Waals surface area contributed by atoms with Gasteiger partial charge in [0.15, 0.2) is 0 Å². The van der Waals surface area contributed by atoms with E-state index in [1.54, 1.807) is 0 Å². The van der Waals surface area contributed by atoms with Gasteiger partial charge in [0.25, 0.3) is 5.91 Å². The largest absolute Gasteiger partial charge is 0.340 e. The quantitative estimate of drug-likeness (QED) is 0.269. The number of benzene rings is 4. The number of amides is 1. The Labute approximate surface area is 192 Å². The Morgan fingerprint density at radius 1 is 0.697 bits per heavy atom. The molecule has 1 amide bonds. The van der Waals surface area contributed by atoms with E-state index in [0.29, 0.717) is 11.4 Å². The maximum atomic E-state index is 13.0. The molecule has 0 atom stereocenters. The van der Waals surface area contributed by atoms with Crippen molar-refractivity contribution in [2.75, 3.05) is 0 Å². The molecule has 1 aromatic heterocycles. The fourth-order valence-electron chi connectivity index (χ4n) is 4.01. The first-order valence-corrected chi connectivity index (χ1v) is 10.8. The molecule has 0 spiro atoms. The Hall–Kier alpha value is -4.44. The molecule has 0 aliphatic heterocycles. The van der Waals surface area contributed by atoms with E-state index >= 15 is 0 Å². The van der Waals surface area contributed by atoms with E-state index in [4.69, 9.17) is 0 Å². The van der Waals surface area contributed by atoms with Gasteiger partial charge in [0.1, 0.15) is 5.69 Å². The van der Waals surface area contributed by atoms with Crippen LogP contribution in [-0.2, 0) is 7.05 Å². The Balaban J connectivity index is 1.48. The van der Waals surface area contributed by atoms with Crippen molar-refractivity contribution < 1.29 is 4.79 Å². The lowest BCUT2D eigenvalue weighted by atomic mass is 9.99. The predicted molar refractivity (Wildman–Crippen MR) is 134 cm³/mol. The van der Waals surface area contributed by atoms with Crippen LogP contribution in [0.25, 0.3) is 22.0 Å².